The van der Waals surface area contributed by atoms with E-state index in [2.05, 4.69) is 17.2 Å². The lowest BCUT2D eigenvalue weighted by atomic mass is 9.92. The molecule has 1 fully saturated rings. The second-order valence-corrected chi connectivity index (χ2v) is 3.92. The van der Waals surface area contributed by atoms with Gasteiger partial charge in [-0.05, 0) is 25.7 Å². The van der Waals surface area contributed by atoms with Crippen molar-refractivity contribution >= 4 is 0 Å². The van der Waals surface area contributed by atoms with Crippen molar-refractivity contribution in [1.82, 2.24) is 5.32 Å². The third-order valence-electron chi connectivity index (χ3n) is 2.92. The van der Waals surface area contributed by atoms with Crippen LogP contribution in [0.2, 0.25) is 0 Å². The lowest BCUT2D eigenvalue weighted by molar-refractivity contribution is 0.0549. The first-order chi connectivity index (χ1) is 7.38. The summed E-state index contributed by atoms with van der Waals surface area (Å²) in [6.07, 6.45) is 3.18. The Morgan fingerprint density at radius 3 is 2.80 bits per heavy atom. The Morgan fingerprint density at radius 2 is 2.20 bits per heavy atom. The van der Waals surface area contributed by atoms with Gasteiger partial charge in [0.15, 0.2) is 0 Å². The van der Waals surface area contributed by atoms with E-state index in [0.717, 1.165) is 39.0 Å². The van der Waals surface area contributed by atoms with E-state index in [4.69, 9.17) is 10.5 Å². The molecule has 1 rings (SSSR count). The Labute approximate surface area is 92.8 Å². The highest BCUT2D eigenvalue weighted by molar-refractivity contribution is 4.95. The van der Waals surface area contributed by atoms with Crippen LogP contribution in [0, 0.1) is 17.8 Å². The molecule has 1 heterocycles. The number of nitrogens with one attached hydrogen (secondary N) is 1. The third kappa shape index (κ3) is 4.65. The second kappa shape index (κ2) is 7.70. The van der Waals surface area contributed by atoms with Crippen molar-refractivity contribution in [3.8, 4) is 11.8 Å². The number of rotatable bonds is 5. The molecule has 0 saturated carbocycles. The standard InChI is InChI=1S/C12H22N2O/c1-2-3-4-7-14-12(10-13)11-5-8-15-9-6-11/h11-12,14H,4-10,13H2,1H3. The average Bonchev–Trinajstić information content (AvgIpc) is 2.30. The number of nitrogens with two attached hydrogens (primary N) is 1. The van der Waals surface area contributed by atoms with Gasteiger partial charge in [-0.25, -0.2) is 0 Å². The normalized spacial score (nSPS) is 19.3. The molecule has 0 aromatic rings. The van der Waals surface area contributed by atoms with Gasteiger partial charge in [0.2, 0.25) is 0 Å². The third-order valence-corrected chi connectivity index (χ3v) is 2.92. The van der Waals surface area contributed by atoms with Crippen molar-refractivity contribution in [2.45, 2.75) is 32.2 Å². The van der Waals surface area contributed by atoms with Gasteiger partial charge < -0.3 is 15.8 Å². The highest BCUT2D eigenvalue weighted by atomic mass is 16.5. The maximum Gasteiger partial charge on any atom is 0.0469 e. The van der Waals surface area contributed by atoms with Crippen LogP contribution in [-0.4, -0.2) is 32.3 Å². The molecule has 86 valence electrons. The van der Waals surface area contributed by atoms with Gasteiger partial charge in [0.05, 0.1) is 0 Å². The van der Waals surface area contributed by atoms with Gasteiger partial charge in [-0.2, -0.15) is 0 Å². The van der Waals surface area contributed by atoms with Crippen LogP contribution in [0.1, 0.15) is 26.2 Å². The topological polar surface area (TPSA) is 47.3 Å². The minimum Gasteiger partial charge on any atom is -0.381 e. The summed E-state index contributed by atoms with van der Waals surface area (Å²) >= 11 is 0. The van der Waals surface area contributed by atoms with Crippen LogP contribution in [0.4, 0.5) is 0 Å². The first-order valence-electron chi connectivity index (χ1n) is 5.79. The van der Waals surface area contributed by atoms with Gasteiger partial charge in [0.25, 0.3) is 0 Å². The molecule has 1 saturated heterocycles. The molecule has 0 aromatic carbocycles. The summed E-state index contributed by atoms with van der Waals surface area (Å²) in [6.45, 7) is 5.30. The second-order valence-electron chi connectivity index (χ2n) is 3.92. The summed E-state index contributed by atoms with van der Waals surface area (Å²) < 4.78 is 5.35. The maximum atomic E-state index is 5.78. The van der Waals surface area contributed by atoms with E-state index in [9.17, 15) is 0 Å². The van der Waals surface area contributed by atoms with Crippen LogP contribution in [-0.2, 0) is 4.74 Å². The van der Waals surface area contributed by atoms with Crippen molar-refractivity contribution in [3.63, 3.8) is 0 Å². The highest BCUT2D eigenvalue weighted by Gasteiger charge is 2.21. The molecule has 0 aromatic heterocycles. The van der Waals surface area contributed by atoms with Crippen LogP contribution >= 0.6 is 0 Å². The molecule has 0 spiro atoms. The smallest absolute Gasteiger partial charge is 0.0469 e. The van der Waals surface area contributed by atoms with E-state index in [-0.39, 0.29) is 0 Å². The van der Waals surface area contributed by atoms with Gasteiger partial charge in [-0.3, -0.25) is 0 Å². The summed E-state index contributed by atoms with van der Waals surface area (Å²) in [5.74, 6) is 6.63. The first-order valence-corrected chi connectivity index (χ1v) is 5.79. The molecule has 0 aliphatic carbocycles. The SMILES string of the molecule is CC#CCCNC(CN)C1CCOCC1. The molecular weight excluding hydrogens is 188 g/mol. The zero-order valence-corrected chi connectivity index (χ0v) is 9.59. The minimum absolute atomic E-state index is 0.438. The van der Waals surface area contributed by atoms with Crippen LogP contribution < -0.4 is 11.1 Å². The van der Waals surface area contributed by atoms with Gasteiger partial charge in [-0.15, -0.1) is 11.8 Å². The summed E-state index contributed by atoms with van der Waals surface area (Å²) in [7, 11) is 0. The maximum absolute atomic E-state index is 5.78. The van der Waals surface area contributed by atoms with Gasteiger partial charge in [-0.1, -0.05) is 0 Å². The molecule has 0 bridgehead atoms. The molecule has 1 unspecified atom stereocenters. The quantitative estimate of drug-likeness (QED) is 0.520. The molecule has 0 amide bonds. The largest absolute Gasteiger partial charge is 0.381 e. The van der Waals surface area contributed by atoms with Crippen LogP contribution in [0.15, 0.2) is 0 Å². The predicted molar refractivity (Wildman–Crippen MR) is 62.5 cm³/mol. The van der Waals surface area contributed by atoms with Crippen molar-refractivity contribution in [1.29, 1.82) is 0 Å². The van der Waals surface area contributed by atoms with E-state index < -0.39 is 0 Å². The first kappa shape index (κ1) is 12.5. The van der Waals surface area contributed by atoms with Crippen molar-refractivity contribution < 1.29 is 4.74 Å². The fourth-order valence-electron chi connectivity index (χ4n) is 2.01. The van der Waals surface area contributed by atoms with Crippen LogP contribution in [0.3, 0.4) is 0 Å². The number of ether oxygens (including phenoxy) is 1. The van der Waals surface area contributed by atoms with E-state index in [1.807, 2.05) is 6.92 Å². The lowest BCUT2D eigenvalue weighted by Gasteiger charge is -2.30. The Morgan fingerprint density at radius 1 is 1.47 bits per heavy atom. The van der Waals surface area contributed by atoms with Crippen molar-refractivity contribution in [2.75, 3.05) is 26.3 Å². The van der Waals surface area contributed by atoms with Crippen molar-refractivity contribution in [2.24, 2.45) is 11.7 Å². The Balaban J connectivity index is 2.23. The molecule has 3 heteroatoms. The Bertz CT molecular complexity index is 213. The molecule has 1 aliphatic heterocycles. The fraction of sp³-hybridized carbons (Fsp3) is 0.833. The Hall–Kier alpha value is -0.560. The monoisotopic (exact) mass is 210 g/mol. The predicted octanol–water partition coefficient (Wildman–Crippen LogP) is 0.743. The van der Waals surface area contributed by atoms with Crippen molar-refractivity contribution in [3.05, 3.63) is 0 Å². The fourth-order valence-corrected chi connectivity index (χ4v) is 2.01. The molecule has 15 heavy (non-hydrogen) atoms. The Kier molecular flexibility index (Phi) is 6.42. The number of hydrogen-bond donors (Lipinski definition) is 2. The van der Waals surface area contributed by atoms with E-state index >= 15 is 0 Å². The zero-order valence-electron chi connectivity index (χ0n) is 9.59. The van der Waals surface area contributed by atoms with Gasteiger partial charge in [0.1, 0.15) is 0 Å². The van der Waals surface area contributed by atoms with Crippen LogP contribution in [0.5, 0.6) is 0 Å². The van der Waals surface area contributed by atoms with Gasteiger partial charge in [0, 0.05) is 38.8 Å². The molecule has 1 aliphatic rings. The lowest BCUT2D eigenvalue weighted by Crippen LogP contribution is -2.44. The average molecular weight is 210 g/mol. The number of hydrogen-bond acceptors (Lipinski definition) is 3. The highest BCUT2D eigenvalue weighted by Crippen LogP contribution is 2.18. The minimum atomic E-state index is 0.438. The molecular formula is C12H22N2O. The van der Waals surface area contributed by atoms with Crippen LogP contribution in [0.25, 0.3) is 0 Å². The molecule has 3 nitrogen and oxygen atoms in total. The molecule has 1 atom stereocenters. The molecule has 3 N–H and O–H groups in total. The summed E-state index contributed by atoms with van der Waals surface area (Å²) in [6, 6.07) is 0.438. The zero-order chi connectivity index (χ0) is 10.9. The van der Waals surface area contributed by atoms with E-state index in [1.54, 1.807) is 0 Å². The summed E-state index contributed by atoms with van der Waals surface area (Å²) in [5, 5.41) is 3.49. The summed E-state index contributed by atoms with van der Waals surface area (Å²) in [5.41, 5.74) is 5.78. The van der Waals surface area contributed by atoms with Gasteiger partial charge >= 0.3 is 0 Å². The van der Waals surface area contributed by atoms with E-state index in [1.165, 1.54) is 0 Å². The summed E-state index contributed by atoms with van der Waals surface area (Å²) in [4.78, 5) is 0. The molecule has 0 radical (unpaired) electrons. The van der Waals surface area contributed by atoms with E-state index in [0.29, 0.717) is 18.5 Å².